The van der Waals surface area contributed by atoms with Crippen LogP contribution in [0.5, 0.6) is 0 Å². The molecular formula is C15H15Cl2N3O3S. The Labute approximate surface area is 150 Å². The molecule has 0 aliphatic heterocycles. The number of sulfonamides is 1. The topological polar surface area (TPSA) is 92.5 Å². The van der Waals surface area contributed by atoms with E-state index in [2.05, 4.69) is 0 Å². The zero-order chi connectivity index (χ0) is 17.7. The molecule has 0 aromatic heterocycles. The summed E-state index contributed by atoms with van der Waals surface area (Å²) in [5, 5.41) is 0.659. The molecule has 24 heavy (non-hydrogen) atoms. The number of benzene rings is 2. The largest absolute Gasteiger partial charge is 0.293 e. The van der Waals surface area contributed by atoms with Crippen molar-refractivity contribution in [2.45, 2.75) is 11.4 Å². The third-order valence-corrected chi connectivity index (χ3v) is 5.75. The molecule has 0 radical (unpaired) electrons. The van der Waals surface area contributed by atoms with Crippen molar-refractivity contribution in [2.75, 3.05) is 6.54 Å². The van der Waals surface area contributed by atoms with Crippen LogP contribution in [0.15, 0.2) is 53.4 Å². The van der Waals surface area contributed by atoms with Gasteiger partial charge in [-0.25, -0.2) is 14.3 Å². The highest BCUT2D eigenvalue weighted by molar-refractivity contribution is 7.89. The van der Waals surface area contributed by atoms with Gasteiger partial charge in [-0.1, -0.05) is 47.5 Å². The number of carbonyl (C=O) groups excluding carboxylic acids is 1. The van der Waals surface area contributed by atoms with Gasteiger partial charge in [-0.3, -0.25) is 10.2 Å². The molecule has 128 valence electrons. The summed E-state index contributed by atoms with van der Waals surface area (Å²) < 4.78 is 26.6. The predicted octanol–water partition coefficient (Wildman–Crippen LogP) is 2.17. The van der Waals surface area contributed by atoms with Crippen molar-refractivity contribution < 1.29 is 13.2 Å². The molecule has 0 heterocycles. The third-order valence-electron chi connectivity index (χ3n) is 3.20. The molecule has 2 aromatic carbocycles. The summed E-state index contributed by atoms with van der Waals surface area (Å²) in [6.07, 6.45) is 0. The van der Waals surface area contributed by atoms with E-state index in [4.69, 9.17) is 29.0 Å². The molecule has 0 aliphatic carbocycles. The molecule has 0 saturated carbocycles. The molecule has 0 unspecified atom stereocenters. The summed E-state index contributed by atoms with van der Waals surface area (Å²) in [6.45, 7) is -0.477. The van der Waals surface area contributed by atoms with Crippen LogP contribution in [0.1, 0.15) is 5.56 Å². The normalized spacial score (nSPS) is 11.5. The second-order valence-electron chi connectivity index (χ2n) is 4.90. The van der Waals surface area contributed by atoms with Crippen molar-refractivity contribution in [3.63, 3.8) is 0 Å². The number of nitrogens with one attached hydrogen (secondary N) is 1. The fourth-order valence-electron chi connectivity index (χ4n) is 2.01. The molecule has 0 spiro atoms. The summed E-state index contributed by atoms with van der Waals surface area (Å²) in [5.74, 6) is 4.45. The van der Waals surface area contributed by atoms with Crippen molar-refractivity contribution in [3.8, 4) is 0 Å². The van der Waals surface area contributed by atoms with Gasteiger partial charge in [0.05, 0.1) is 21.5 Å². The highest BCUT2D eigenvalue weighted by Gasteiger charge is 2.26. The summed E-state index contributed by atoms with van der Waals surface area (Å²) in [4.78, 5) is 11.7. The summed E-state index contributed by atoms with van der Waals surface area (Å²) in [5.41, 5.74) is 2.52. The van der Waals surface area contributed by atoms with Gasteiger partial charge in [-0.05, 0) is 29.8 Å². The maximum absolute atomic E-state index is 12.8. The van der Waals surface area contributed by atoms with E-state index >= 15 is 0 Å². The monoisotopic (exact) mass is 387 g/mol. The zero-order valence-corrected chi connectivity index (χ0v) is 14.8. The average Bonchev–Trinajstić information content (AvgIpc) is 2.58. The van der Waals surface area contributed by atoms with Crippen LogP contribution < -0.4 is 11.3 Å². The van der Waals surface area contributed by atoms with Gasteiger partial charge in [0, 0.05) is 6.54 Å². The number of hydrogen-bond donors (Lipinski definition) is 2. The van der Waals surface area contributed by atoms with Crippen LogP contribution in [0.25, 0.3) is 0 Å². The zero-order valence-electron chi connectivity index (χ0n) is 12.4. The lowest BCUT2D eigenvalue weighted by Crippen LogP contribution is -2.42. The number of halogens is 2. The SMILES string of the molecule is NNC(=O)CN(Cc1ccc(Cl)c(Cl)c1)S(=O)(=O)c1ccccc1. The van der Waals surface area contributed by atoms with Crippen LogP contribution in [0, 0.1) is 0 Å². The standard InChI is InChI=1S/C15H15Cl2N3O3S/c16-13-7-6-11(8-14(13)17)9-20(10-15(21)19-18)24(22,23)12-4-2-1-3-5-12/h1-8H,9-10,18H2,(H,19,21). The fraction of sp³-hybridized carbons (Fsp3) is 0.133. The maximum atomic E-state index is 12.8. The highest BCUT2D eigenvalue weighted by atomic mass is 35.5. The number of carbonyl (C=O) groups is 1. The van der Waals surface area contributed by atoms with Crippen LogP contribution in [0.2, 0.25) is 10.0 Å². The second kappa shape index (κ2) is 7.96. The van der Waals surface area contributed by atoms with Crippen molar-refractivity contribution in [3.05, 3.63) is 64.1 Å². The Morgan fingerprint density at radius 2 is 1.75 bits per heavy atom. The van der Waals surface area contributed by atoms with E-state index in [9.17, 15) is 13.2 Å². The summed E-state index contributed by atoms with van der Waals surface area (Å²) in [7, 11) is -3.89. The minimum Gasteiger partial charge on any atom is -0.293 e. The van der Waals surface area contributed by atoms with Crippen LogP contribution in [0.4, 0.5) is 0 Å². The van der Waals surface area contributed by atoms with E-state index in [1.807, 2.05) is 5.43 Å². The smallest absolute Gasteiger partial charge is 0.249 e. The fourth-order valence-corrected chi connectivity index (χ4v) is 3.74. The summed E-state index contributed by atoms with van der Waals surface area (Å²) >= 11 is 11.8. The predicted molar refractivity (Wildman–Crippen MR) is 92.8 cm³/mol. The Hall–Kier alpha value is -1.64. The van der Waals surface area contributed by atoms with Gasteiger partial charge in [-0.2, -0.15) is 4.31 Å². The maximum Gasteiger partial charge on any atom is 0.249 e. The van der Waals surface area contributed by atoms with Gasteiger partial charge in [0.15, 0.2) is 0 Å². The quantitative estimate of drug-likeness (QED) is 0.451. The van der Waals surface area contributed by atoms with E-state index in [0.717, 1.165) is 4.31 Å². The molecule has 0 bridgehead atoms. The molecule has 1 amide bonds. The van der Waals surface area contributed by atoms with Gasteiger partial charge >= 0.3 is 0 Å². The Balaban J connectivity index is 2.37. The van der Waals surface area contributed by atoms with Gasteiger partial charge in [-0.15, -0.1) is 0 Å². The molecule has 6 nitrogen and oxygen atoms in total. The number of hydrogen-bond acceptors (Lipinski definition) is 4. The van der Waals surface area contributed by atoms with Crippen LogP contribution in [-0.4, -0.2) is 25.2 Å². The van der Waals surface area contributed by atoms with Gasteiger partial charge in [0.25, 0.3) is 0 Å². The van der Waals surface area contributed by atoms with E-state index in [1.165, 1.54) is 12.1 Å². The first-order chi connectivity index (χ1) is 11.3. The lowest BCUT2D eigenvalue weighted by Gasteiger charge is -2.21. The number of hydrazine groups is 1. The van der Waals surface area contributed by atoms with Gasteiger partial charge < -0.3 is 0 Å². The molecule has 9 heteroatoms. The van der Waals surface area contributed by atoms with E-state index < -0.39 is 22.5 Å². The first-order valence-corrected chi connectivity index (χ1v) is 9.03. The lowest BCUT2D eigenvalue weighted by atomic mass is 10.2. The minimum absolute atomic E-state index is 0.0540. The molecule has 2 rings (SSSR count). The van der Waals surface area contributed by atoms with Crippen molar-refractivity contribution in [2.24, 2.45) is 5.84 Å². The van der Waals surface area contributed by atoms with Crippen LogP contribution in [-0.2, 0) is 21.4 Å². The van der Waals surface area contributed by atoms with Crippen molar-refractivity contribution in [1.82, 2.24) is 9.73 Å². The molecule has 2 aromatic rings. The Kier molecular flexibility index (Phi) is 6.20. The Morgan fingerprint density at radius 3 is 2.33 bits per heavy atom. The average molecular weight is 388 g/mol. The first-order valence-electron chi connectivity index (χ1n) is 6.83. The lowest BCUT2D eigenvalue weighted by molar-refractivity contribution is -0.121. The molecule has 0 saturated heterocycles. The molecule has 0 atom stereocenters. The van der Waals surface area contributed by atoms with E-state index in [-0.39, 0.29) is 11.4 Å². The molecule has 3 N–H and O–H groups in total. The number of rotatable bonds is 6. The number of nitrogens with zero attached hydrogens (tertiary/aromatic N) is 1. The van der Waals surface area contributed by atoms with E-state index in [0.29, 0.717) is 15.6 Å². The first kappa shape index (κ1) is 18.7. The van der Waals surface area contributed by atoms with Crippen molar-refractivity contribution >= 4 is 39.1 Å². The van der Waals surface area contributed by atoms with E-state index in [1.54, 1.807) is 36.4 Å². The Morgan fingerprint density at radius 1 is 1.08 bits per heavy atom. The second-order valence-corrected chi connectivity index (χ2v) is 7.65. The van der Waals surface area contributed by atoms with Crippen LogP contribution in [0.3, 0.4) is 0 Å². The number of nitrogens with two attached hydrogens (primary N) is 1. The van der Waals surface area contributed by atoms with Gasteiger partial charge in [0.1, 0.15) is 0 Å². The Bertz CT molecular complexity index is 829. The highest BCUT2D eigenvalue weighted by Crippen LogP contribution is 2.25. The van der Waals surface area contributed by atoms with Crippen molar-refractivity contribution in [1.29, 1.82) is 0 Å². The molecule has 0 aliphatic rings. The molecule has 0 fully saturated rings. The summed E-state index contributed by atoms with van der Waals surface area (Å²) in [6, 6.07) is 12.6. The number of amides is 1. The molecular weight excluding hydrogens is 373 g/mol. The third kappa shape index (κ3) is 4.46. The minimum atomic E-state index is -3.89. The van der Waals surface area contributed by atoms with Crippen LogP contribution >= 0.6 is 23.2 Å². The van der Waals surface area contributed by atoms with Gasteiger partial charge in [0.2, 0.25) is 15.9 Å².